The fourth-order valence-corrected chi connectivity index (χ4v) is 4.72. The van der Waals surface area contributed by atoms with Crippen LogP contribution in [-0.4, -0.2) is 39.6 Å². The van der Waals surface area contributed by atoms with Crippen molar-refractivity contribution in [2.45, 2.75) is 24.4 Å². The van der Waals surface area contributed by atoms with Crippen LogP contribution in [0.3, 0.4) is 0 Å². The Morgan fingerprint density at radius 3 is 2.55 bits per heavy atom. The molecular weight excluding hydrogens is 471 g/mol. The van der Waals surface area contributed by atoms with Gasteiger partial charge in [-0.3, -0.25) is 14.4 Å². The zero-order valence-electron chi connectivity index (χ0n) is 14.9. The number of rotatable bonds is 7. The summed E-state index contributed by atoms with van der Waals surface area (Å²) in [6.07, 6.45) is 1.31. The molecule has 3 aromatic rings. The molecule has 29 heavy (non-hydrogen) atoms. The molecule has 3 rings (SSSR count). The van der Waals surface area contributed by atoms with E-state index in [2.05, 4.69) is 31.5 Å². The molecule has 0 radical (unpaired) electrons. The van der Waals surface area contributed by atoms with E-state index in [9.17, 15) is 22.9 Å². The minimum absolute atomic E-state index is 0.0468. The fraction of sp³-hybridized carbons (Fsp3) is 0.188. The van der Waals surface area contributed by atoms with Gasteiger partial charge < -0.3 is 0 Å². The van der Waals surface area contributed by atoms with E-state index in [0.29, 0.717) is 4.47 Å². The van der Waals surface area contributed by atoms with Gasteiger partial charge in [0.25, 0.3) is 15.7 Å². The molecule has 1 unspecified atom stereocenters. The monoisotopic (exact) mass is 484 g/mol. The van der Waals surface area contributed by atoms with E-state index in [0.717, 1.165) is 34.6 Å². The number of hydrogen-bond donors (Lipinski definition) is 0. The number of nitro groups is 1. The van der Waals surface area contributed by atoms with Crippen LogP contribution in [0.2, 0.25) is 0 Å². The molecule has 13 heteroatoms. The number of benzene rings is 2. The third kappa shape index (κ3) is 4.40. The topological polar surface area (TPSA) is 124 Å². The zero-order chi connectivity index (χ0) is 21.2. The minimum Gasteiger partial charge on any atom is -0.259 e. The molecule has 0 aliphatic carbocycles. The van der Waals surface area contributed by atoms with E-state index < -0.39 is 26.8 Å². The maximum atomic E-state index is 14.6. The van der Waals surface area contributed by atoms with Gasteiger partial charge in [0.15, 0.2) is 0 Å². The number of non-ortho nitro benzene ring substituents is 1. The van der Waals surface area contributed by atoms with E-state index in [4.69, 9.17) is 0 Å². The van der Waals surface area contributed by atoms with Gasteiger partial charge in [-0.25, -0.2) is 17.5 Å². The Bertz CT molecular complexity index is 1120. The number of anilines is 1. The second-order valence-electron chi connectivity index (χ2n) is 6.03. The minimum atomic E-state index is -4.27. The molecule has 0 bridgehead atoms. The normalized spacial score (nSPS) is 12.5. The molecule has 2 aromatic carbocycles. The van der Waals surface area contributed by atoms with Crippen LogP contribution in [-0.2, 0) is 16.6 Å². The average Bonchev–Trinajstić information content (AvgIpc) is 3.17. The van der Waals surface area contributed by atoms with Gasteiger partial charge >= 0.3 is 0 Å². The number of halogens is 2. The summed E-state index contributed by atoms with van der Waals surface area (Å²) in [4.78, 5) is 10.0. The molecule has 0 aliphatic rings. The van der Waals surface area contributed by atoms with Crippen LogP contribution in [0, 0.1) is 15.9 Å². The second kappa shape index (κ2) is 8.21. The summed E-state index contributed by atoms with van der Waals surface area (Å²) in [5.41, 5.74) is -0.441. The lowest BCUT2D eigenvalue weighted by molar-refractivity contribution is -0.384. The smallest absolute Gasteiger partial charge is 0.259 e. The van der Waals surface area contributed by atoms with E-state index in [-0.39, 0.29) is 22.8 Å². The molecule has 0 spiro atoms. The third-order valence-corrected chi connectivity index (χ3v) is 6.43. The fourth-order valence-electron chi connectivity index (χ4n) is 2.72. The van der Waals surface area contributed by atoms with E-state index in [1.54, 1.807) is 6.92 Å². The summed E-state index contributed by atoms with van der Waals surface area (Å²) < 4.78 is 44.0. The van der Waals surface area contributed by atoms with Gasteiger partial charge in [0.2, 0.25) is 0 Å². The summed E-state index contributed by atoms with van der Waals surface area (Å²) in [7, 11) is -4.27. The molecule has 0 saturated heterocycles. The van der Waals surface area contributed by atoms with Gasteiger partial charge in [-0.05, 0) is 47.7 Å². The maximum Gasteiger partial charge on any atom is 0.269 e. The predicted molar refractivity (Wildman–Crippen MR) is 104 cm³/mol. The SMILES string of the molecule is CC(Cn1cnnn1)N(c1cc(Br)ccc1F)S(=O)(=O)c1ccc([N+](=O)[O-])cc1. The molecular formula is C16H14BrFN6O4S. The molecule has 0 fully saturated rings. The lowest BCUT2D eigenvalue weighted by atomic mass is 10.2. The molecule has 0 saturated carbocycles. The summed E-state index contributed by atoms with van der Waals surface area (Å²) in [6.45, 7) is 1.62. The van der Waals surface area contributed by atoms with Crippen LogP contribution in [0.1, 0.15) is 6.92 Å². The predicted octanol–water partition coefficient (Wildman–Crippen LogP) is 2.77. The van der Waals surface area contributed by atoms with Gasteiger partial charge in [-0.15, -0.1) is 5.10 Å². The number of tetrazole rings is 1. The van der Waals surface area contributed by atoms with Gasteiger partial charge in [-0.2, -0.15) is 0 Å². The van der Waals surface area contributed by atoms with Crippen molar-refractivity contribution in [3.63, 3.8) is 0 Å². The number of nitrogens with zero attached hydrogens (tertiary/aromatic N) is 6. The van der Waals surface area contributed by atoms with Crippen molar-refractivity contribution in [2.24, 2.45) is 0 Å². The zero-order valence-corrected chi connectivity index (χ0v) is 17.3. The summed E-state index contributed by atoms with van der Waals surface area (Å²) >= 11 is 3.22. The highest BCUT2D eigenvalue weighted by Gasteiger charge is 2.32. The Morgan fingerprint density at radius 1 is 1.28 bits per heavy atom. The molecule has 152 valence electrons. The number of hydrogen-bond acceptors (Lipinski definition) is 7. The van der Waals surface area contributed by atoms with E-state index in [1.807, 2.05) is 0 Å². The first-order valence-corrected chi connectivity index (χ1v) is 10.4. The first-order chi connectivity index (χ1) is 13.7. The second-order valence-corrected chi connectivity index (χ2v) is 8.76. The van der Waals surface area contributed by atoms with Gasteiger partial charge in [0, 0.05) is 16.6 Å². The largest absolute Gasteiger partial charge is 0.269 e. The molecule has 0 aliphatic heterocycles. The summed E-state index contributed by atoms with van der Waals surface area (Å²) in [6, 6.07) is 7.52. The number of aromatic nitrogens is 4. The first kappa shape index (κ1) is 20.8. The van der Waals surface area contributed by atoms with Crippen LogP contribution < -0.4 is 4.31 Å². The molecule has 10 nitrogen and oxygen atoms in total. The lowest BCUT2D eigenvalue weighted by Gasteiger charge is -2.30. The Balaban J connectivity index is 2.10. The van der Waals surface area contributed by atoms with Crippen LogP contribution in [0.4, 0.5) is 15.8 Å². The Kier molecular flexibility index (Phi) is 5.88. The number of nitro benzene ring substituents is 1. The van der Waals surface area contributed by atoms with Gasteiger partial charge in [0.1, 0.15) is 12.1 Å². The quantitative estimate of drug-likeness (QED) is 0.372. The van der Waals surface area contributed by atoms with Crippen molar-refractivity contribution in [2.75, 3.05) is 4.31 Å². The van der Waals surface area contributed by atoms with Crippen molar-refractivity contribution in [3.8, 4) is 0 Å². The Hall–Kier alpha value is -2.93. The van der Waals surface area contributed by atoms with Crippen molar-refractivity contribution >= 4 is 37.3 Å². The van der Waals surface area contributed by atoms with Crippen molar-refractivity contribution in [1.82, 2.24) is 20.2 Å². The standard InChI is InChI=1S/C16H14BrFN6O4S/c1-11(9-22-10-19-20-21-22)23(16-8-12(17)2-7-15(16)18)29(27,28)14-5-3-13(4-6-14)24(25)26/h2-8,10-11H,9H2,1H3. The molecule has 1 heterocycles. The highest BCUT2D eigenvalue weighted by atomic mass is 79.9. The molecule has 0 amide bonds. The van der Waals surface area contributed by atoms with Crippen LogP contribution in [0.25, 0.3) is 0 Å². The highest BCUT2D eigenvalue weighted by molar-refractivity contribution is 9.10. The average molecular weight is 485 g/mol. The van der Waals surface area contributed by atoms with Crippen molar-refractivity contribution < 1.29 is 17.7 Å². The molecule has 0 N–H and O–H groups in total. The highest BCUT2D eigenvalue weighted by Crippen LogP contribution is 2.32. The van der Waals surface area contributed by atoms with Gasteiger partial charge in [0.05, 0.1) is 28.1 Å². The summed E-state index contributed by atoms with van der Waals surface area (Å²) in [5, 5.41) is 21.6. The third-order valence-electron chi connectivity index (χ3n) is 3.99. The van der Waals surface area contributed by atoms with E-state index in [1.165, 1.54) is 23.1 Å². The van der Waals surface area contributed by atoms with Crippen LogP contribution in [0.15, 0.2) is 58.2 Å². The summed E-state index contributed by atoms with van der Waals surface area (Å²) in [5.74, 6) is -0.748. The molecule has 1 aromatic heterocycles. The van der Waals surface area contributed by atoms with E-state index >= 15 is 0 Å². The van der Waals surface area contributed by atoms with Crippen LogP contribution >= 0.6 is 15.9 Å². The maximum absolute atomic E-state index is 14.6. The van der Waals surface area contributed by atoms with Crippen molar-refractivity contribution in [3.05, 3.63) is 69.2 Å². The Labute approximate surface area is 173 Å². The van der Waals surface area contributed by atoms with Crippen LogP contribution in [0.5, 0.6) is 0 Å². The van der Waals surface area contributed by atoms with Gasteiger partial charge in [-0.1, -0.05) is 15.9 Å². The first-order valence-electron chi connectivity index (χ1n) is 8.15. The van der Waals surface area contributed by atoms with Crippen molar-refractivity contribution in [1.29, 1.82) is 0 Å². The lowest BCUT2D eigenvalue weighted by Crippen LogP contribution is -2.41. The molecule has 1 atom stereocenters. The number of sulfonamides is 1. The Morgan fingerprint density at radius 2 is 1.97 bits per heavy atom.